The molecule has 6 rings (SSSR count). The fourth-order valence-electron chi connectivity index (χ4n) is 3.92. The van der Waals surface area contributed by atoms with E-state index in [1.165, 1.54) is 24.7 Å². The lowest BCUT2D eigenvalue weighted by Gasteiger charge is -2.25. The average molecular weight is 450 g/mol. The number of nitrogens with zero attached hydrogens (tertiary/aromatic N) is 1. The Kier molecular flexibility index (Phi) is 4.87. The van der Waals surface area contributed by atoms with Crippen molar-refractivity contribution in [3.05, 3.63) is 115 Å². The molecule has 0 fully saturated rings. The van der Waals surface area contributed by atoms with E-state index in [-0.39, 0.29) is 0 Å². The molecule has 0 radical (unpaired) electrons. The first kappa shape index (κ1) is 19.1. The van der Waals surface area contributed by atoms with Crippen LogP contribution in [0.15, 0.2) is 120 Å². The van der Waals surface area contributed by atoms with Gasteiger partial charge in [0.1, 0.15) is 5.76 Å². The fourth-order valence-corrected chi connectivity index (χ4v) is 6.28. The molecule has 0 saturated heterocycles. The normalized spacial score (nSPS) is 11.1. The van der Waals surface area contributed by atoms with Gasteiger partial charge in [-0.1, -0.05) is 48.5 Å². The van der Waals surface area contributed by atoms with Crippen LogP contribution >= 0.6 is 22.7 Å². The quantitative estimate of drug-likeness (QED) is 0.261. The van der Waals surface area contributed by atoms with Crippen LogP contribution in [-0.4, -0.2) is 0 Å². The number of para-hydroxylation sites is 2. The molecule has 0 amide bonds. The van der Waals surface area contributed by atoms with Crippen LogP contribution in [0.4, 0.5) is 17.1 Å². The van der Waals surface area contributed by atoms with Gasteiger partial charge in [-0.25, -0.2) is 0 Å². The number of furan rings is 1. The topological polar surface area (TPSA) is 16.4 Å². The van der Waals surface area contributed by atoms with Crippen LogP contribution in [0.2, 0.25) is 0 Å². The molecular formula is C28H19NOS2. The van der Waals surface area contributed by atoms with E-state index in [4.69, 9.17) is 4.42 Å². The maximum Gasteiger partial charge on any atom is 0.143 e. The third-order valence-electron chi connectivity index (χ3n) is 5.39. The number of thiophene rings is 2. The van der Waals surface area contributed by atoms with E-state index in [9.17, 15) is 0 Å². The summed E-state index contributed by atoms with van der Waals surface area (Å²) in [6.07, 6.45) is 1.73. The van der Waals surface area contributed by atoms with Crippen LogP contribution in [-0.2, 0) is 0 Å². The Morgan fingerprint density at radius 2 is 1.16 bits per heavy atom. The van der Waals surface area contributed by atoms with Crippen molar-refractivity contribution in [2.24, 2.45) is 0 Å². The number of benzene rings is 3. The molecular weight excluding hydrogens is 430 g/mol. The van der Waals surface area contributed by atoms with Gasteiger partial charge in [-0.2, -0.15) is 0 Å². The van der Waals surface area contributed by atoms with Gasteiger partial charge in [-0.05, 0) is 66.2 Å². The van der Waals surface area contributed by atoms with Crippen LogP contribution in [0, 0.1) is 0 Å². The molecule has 6 aromatic rings. The first-order valence-electron chi connectivity index (χ1n) is 10.4. The van der Waals surface area contributed by atoms with E-state index in [1.54, 1.807) is 17.6 Å². The van der Waals surface area contributed by atoms with E-state index in [1.807, 2.05) is 23.5 Å². The van der Waals surface area contributed by atoms with Gasteiger partial charge in [-0.3, -0.25) is 0 Å². The molecule has 3 aromatic carbocycles. The molecule has 154 valence electrons. The monoisotopic (exact) mass is 449 g/mol. The van der Waals surface area contributed by atoms with Gasteiger partial charge >= 0.3 is 0 Å². The first-order valence-corrected chi connectivity index (χ1v) is 12.1. The Balaban J connectivity index is 1.41. The summed E-state index contributed by atoms with van der Waals surface area (Å²) in [6, 6.07) is 38.3. The molecule has 3 heterocycles. The lowest BCUT2D eigenvalue weighted by molar-refractivity contribution is 0.584. The minimum absolute atomic E-state index is 0.934. The molecule has 0 spiro atoms. The molecule has 0 aliphatic heterocycles. The lowest BCUT2D eigenvalue weighted by Crippen LogP contribution is -2.09. The van der Waals surface area contributed by atoms with Crippen molar-refractivity contribution in [1.82, 2.24) is 0 Å². The van der Waals surface area contributed by atoms with Crippen molar-refractivity contribution >= 4 is 49.1 Å². The molecule has 0 unspecified atom stereocenters. The van der Waals surface area contributed by atoms with Crippen LogP contribution in [0.3, 0.4) is 0 Å². The summed E-state index contributed by atoms with van der Waals surface area (Å²) in [7, 11) is 0. The minimum Gasteiger partial charge on any atom is -0.464 e. The zero-order valence-electron chi connectivity index (χ0n) is 17.1. The summed E-state index contributed by atoms with van der Waals surface area (Å²) >= 11 is 3.61. The summed E-state index contributed by atoms with van der Waals surface area (Å²) < 4.78 is 8.16. The molecule has 0 atom stereocenters. The molecule has 0 N–H and O–H groups in total. The van der Waals surface area contributed by atoms with Gasteiger partial charge in [-0.15, -0.1) is 22.7 Å². The highest BCUT2D eigenvalue weighted by Crippen LogP contribution is 2.43. The summed E-state index contributed by atoms with van der Waals surface area (Å²) in [4.78, 5) is 4.75. The highest BCUT2D eigenvalue weighted by atomic mass is 32.1. The van der Waals surface area contributed by atoms with Gasteiger partial charge in [0.25, 0.3) is 0 Å². The Labute approximate surface area is 194 Å². The molecule has 0 aliphatic carbocycles. The second kappa shape index (κ2) is 8.15. The second-order valence-corrected chi connectivity index (χ2v) is 9.65. The Bertz CT molecular complexity index is 1390. The third-order valence-corrected chi connectivity index (χ3v) is 7.75. The van der Waals surface area contributed by atoms with Crippen LogP contribution in [0.5, 0.6) is 0 Å². The van der Waals surface area contributed by atoms with Crippen LogP contribution in [0.25, 0.3) is 30.5 Å². The molecule has 2 nitrogen and oxygen atoms in total. The van der Waals surface area contributed by atoms with E-state index in [0.29, 0.717) is 0 Å². The van der Waals surface area contributed by atoms with Gasteiger partial charge in [0, 0.05) is 31.3 Å². The van der Waals surface area contributed by atoms with Crippen molar-refractivity contribution < 1.29 is 4.42 Å². The average Bonchev–Trinajstić information content (AvgIpc) is 3.58. The van der Waals surface area contributed by atoms with Crippen molar-refractivity contribution in [3.63, 3.8) is 0 Å². The van der Waals surface area contributed by atoms with Crippen LogP contribution in [0.1, 0.15) is 0 Å². The van der Waals surface area contributed by atoms with E-state index >= 15 is 0 Å². The maximum atomic E-state index is 5.57. The van der Waals surface area contributed by atoms with E-state index in [0.717, 1.165) is 22.8 Å². The van der Waals surface area contributed by atoms with Crippen molar-refractivity contribution in [2.75, 3.05) is 4.90 Å². The number of hydrogen-bond donors (Lipinski definition) is 0. The van der Waals surface area contributed by atoms with E-state index in [2.05, 4.69) is 102 Å². The lowest BCUT2D eigenvalue weighted by atomic mass is 10.1. The predicted octanol–water partition coefficient (Wildman–Crippen LogP) is 9.36. The number of rotatable bonds is 5. The zero-order chi connectivity index (χ0) is 21.3. The number of anilines is 3. The molecule has 0 saturated carbocycles. The minimum atomic E-state index is 0.934. The summed E-state index contributed by atoms with van der Waals surface area (Å²) in [5, 5.41) is 0. The summed E-state index contributed by atoms with van der Waals surface area (Å²) in [6.45, 7) is 0. The number of hydrogen-bond acceptors (Lipinski definition) is 4. The highest BCUT2D eigenvalue weighted by Gasteiger charge is 2.15. The van der Waals surface area contributed by atoms with Gasteiger partial charge < -0.3 is 9.32 Å². The SMILES string of the molecule is c1ccc(N(c2ccccc2)c2cccc(-c3cc4sc(-c5ccco5)cc4s3)c2)cc1. The first-order chi connectivity index (χ1) is 15.8. The number of fused-ring (bicyclic) bond motifs is 1. The maximum absolute atomic E-state index is 5.57. The predicted molar refractivity (Wildman–Crippen MR) is 138 cm³/mol. The molecule has 32 heavy (non-hydrogen) atoms. The van der Waals surface area contributed by atoms with Gasteiger partial charge in [0.15, 0.2) is 0 Å². The largest absolute Gasteiger partial charge is 0.464 e. The molecule has 4 heteroatoms. The third kappa shape index (κ3) is 3.54. The second-order valence-electron chi connectivity index (χ2n) is 7.48. The Hall–Kier alpha value is -3.60. The summed E-state index contributed by atoms with van der Waals surface area (Å²) in [5.74, 6) is 0.934. The molecule has 3 aromatic heterocycles. The molecule has 0 bridgehead atoms. The summed E-state index contributed by atoms with van der Waals surface area (Å²) in [5.41, 5.74) is 4.66. The fraction of sp³-hybridized carbons (Fsp3) is 0. The Morgan fingerprint density at radius 1 is 0.531 bits per heavy atom. The van der Waals surface area contributed by atoms with Crippen molar-refractivity contribution in [3.8, 4) is 21.1 Å². The molecule has 0 aliphatic rings. The van der Waals surface area contributed by atoms with Crippen LogP contribution < -0.4 is 4.90 Å². The van der Waals surface area contributed by atoms with Gasteiger partial charge in [0.2, 0.25) is 0 Å². The Morgan fingerprint density at radius 3 is 1.81 bits per heavy atom. The highest BCUT2D eigenvalue weighted by molar-refractivity contribution is 7.31. The standard InChI is InChI=1S/C28H19NOS2/c1-3-10-21(11-4-1)29(22-12-5-2-6-13-22)23-14-7-9-20(17-23)25-18-27-28(31-25)19-26(32-27)24-15-8-16-30-24/h1-19H. The zero-order valence-corrected chi connectivity index (χ0v) is 18.8. The van der Waals surface area contributed by atoms with Gasteiger partial charge in [0.05, 0.1) is 11.1 Å². The van der Waals surface area contributed by atoms with Crippen molar-refractivity contribution in [1.29, 1.82) is 0 Å². The smallest absolute Gasteiger partial charge is 0.143 e. The van der Waals surface area contributed by atoms with Crippen molar-refractivity contribution in [2.45, 2.75) is 0 Å². The van der Waals surface area contributed by atoms with E-state index < -0.39 is 0 Å².